The van der Waals surface area contributed by atoms with E-state index in [9.17, 15) is 60.8 Å². The van der Waals surface area contributed by atoms with E-state index in [0.717, 1.165) is 61.3 Å². The van der Waals surface area contributed by atoms with Crippen molar-refractivity contribution in [2.75, 3.05) is 139 Å². The Morgan fingerprint density at radius 3 is 1.10 bits per heavy atom. The molecule has 8 aromatic rings. The Morgan fingerprint density at radius 2 is 0.787 bits per heavy atom. The number of rotatable bonds is 21. The minimum atomic E-state index is -1.16. The number of carbonyl (C=O) groups excluding carboxylic acids is 6. The first-order chi connectivity index (χ1) is 66.1. The van der Waals surface area contributed by atoms with E-state index in [1.54, 1.807) is 69.3 Å². The zero-order valence-corrected chi connectivity index (χ0v) is 84.8. The van der Waals surface area contributed by atoms with Crippen LogP contribution in [0.15, 0.2) is 159 Å². The Hall–Kier alpha value is -12.2. The highest BCUT2D eigenvalue weighted by Crippen LogP contribution is 2.40. The molecular formula is C99H136Cl4F6N20O12. The number of hydrogen-bond donors (Lipinski definition) is 9. The molecule has 12 rings (SSSR count). The first kappa shape index (κ1) is 121. The van der Waals surface area contributed by atoms with Gasteiger partial charge in [-0.15, -0.1) is 46.4 Å². The van der Waals surface area contributed by atoms with Crippen molar-refractivity contribution >= 4 is 106 Å². The number of nitrogens with one attached hydrogen (secondary N) is 4. The maximum absolute atomic E-state index is 14.0. The second-order valence-electron chi connectivity index (χ2n) is 36.9. The summed E-state index contributed by atoms with van der Waals surface area (Å²) < 4.78 is 88.4. The van der Waals surface area contributed by atoms with Gasteiger partial charge in [-0.1, -0.05) is 60.7 Å². The fraction of sp³-hybridized carbons (Fsp3) is 0.485. The molecular weight excluding hydrogens is 1920 g/mol. The highest BCUT2D eigenvalue weighted by atomic mass is 35.5. The van der Waals surface area contributed by atoms with Crippen LogP contribution in [-0.4, -0.2) is 241 Å². The summed E-state index contributed by atoms with van der Waals surface area (Å²) in [5.41, 5.74) is 22.6. The van der Waals surface area contributed by atoms with Crippen molar-refractivity contribution < 1.29 is 87.1 Å². The third kappa shape index (κ3) is 41.9. The lowest BCUT2D eigenvalue weighted by Gasteiger charge is -2.42. The minimum absolute atomic E-state index is 0. The third-order valence-corrected chi connectivity index (χ3v) is 22.6. The van der Waals surface area contributed by atoms with Crippen LogP contribution in [0.3, 0.4) is 0 Å². The molecule has 141 heavy (non-hydrogen) atoms. The van der Waals surface area contributed by atoms with Crippen molar-refractivity contribution in [1.29, 1.82) is 10.5 Å². The van der Waals surface area contributed by atoms with E-state index >= 15 is 0 Å². The maximum atomic E-state index is 14.0. The molecule has 0 radical (unpaired) electrons. The summed E-state index contributed by atoms with van der Waals surface area (Å²) in [4.78, 5) is 113. The Labute approximate surface area is 843 Å². The van der Waals surface area contributed by atoms with Crippen molar-refractivity contribution in [2.24, 2.45) is 5.73 Å². The Bertz CT molecular complexity index is 5350. The number of piperidine rings is 4. The first-order valence-electron chi connectivity index (χ1n) is 45.4. The number of amides is 6. The highest BCUT2D eigenvalue weighted by molar-refractivity contribution is 6.19. The molecule has 0 unspecified atom stereocenters. The number of hydrogen-bond acceptors (Lipinski definition) is 25. The molecule has 6 amide bonds. The van der Waals surface area contributed by atoms with Gasteiger partial charge < -0.3 is 87.9 Å². The van der Waals surface area contributed by atoms with Crippen molar-refractivity contribution in [2.45, 2.75) is 185 Å². The van der Waals surface area contributed by atoms with Crippen LogP contribution in [-0.2, 0) is 47.0 Å². The van der Waals surface area contributed by atoms with Crippen LogP contribution in [0, 0.1) is 51.7 Å². The van der Waals surface area contributed by atoms with Crippen molar-refractivity contribution in [1.82, 2.24) is 70.8 Å². The van der Waals surface area contributed by atoms with Crippen LogP contribution in [0.1, 0.15) is 197 Å². The Balaban J connectivity index is 0.000000571. The molecule has 3 aromatic heterocycles. The number of carboxylic acid groups (broad SMARTS) is 1. The predicted octanol–water partition coefficient (Wildman–Crippen LogP) is 16.9. The number of likely N-dealkylation sites (tertiary alicyclic amines) is 3. The van der Waals surface area contributed by atoms with Gasteiger partial charge in [0.25, 0.3) is 11.8 Å². The fourth-order valence-electron chi connectivity index (χ4n) is 14.7. The van der Waals surface area contributed by atoms with E-state index in [-0.39, 0.29) is 125 Å². The smallest absolute Gasteiger partial charge is 0.410 e. The number of carboxylic acids is 1. The lowest BCUT2D eigenvalue weighted by molar-refractivity contribution is 0.0154. The minimum Gasteiger partial charge on any atom is -0.476 e. The number of halogens is 10. The van der Waals surface area contributed by atoms with Gasteiger partial charge in [0.1, 0.15) is 51.5 Å². The third-order valence-electron chi connectivity index (χ3n) is 21.9. The van der Waals surface area contributed by atoms with Gasteiger partial charge in [-0.2, -0.15) is 10.5 Å². The van der Waals surface area contributed by atoms with Gasteiger partial charge in [0, 0.05) is 165 Å². The molecule has 5 aromatic carbocycles. The van der Waals surface area contributed by atoms with Crippen LogP contribution < -0.4 is 44.2 Å². The predicted molar refractivity (Wildman–Crippen MR) is 537 cm³/mol. The first-order valence-corrected chi connectivity index (χ1v) is 47.5. The van der Waals surface area contributed by atoms with Gasteiger partial charge in [0.15, 0.2) is 34.5 Å². The summed E-state index contributed by atoms with van der Waals surface area (Å²) in [5, 5.41) is 38.3. The van der Waals surface area contributed by atoms with Crippen LogP contribution in [0.5, 0.6) is 0 Å². The zero-order chi connectivity index (χ0) is 104. The summed E-state index contributed by atoms with van der Waals surface area (Å²) in [5.74, 6) is -1.30. The van der Waals surface area contributed by atoms with Crippen LogP contribution in [0.25, 0.3) is 0 Å². The standard InChI is InChI=1S/C22H28FN5O3.C17H20FN5O.C17H25FN2O2.C17H21FN2O2.C9H17Cl2NO2.C8H6FN.C5H5N3O2.C4H9Cl2N.FH.2H2/c1-21(2,3)31-20(30)28-11-7-22(8-12-28,15-5-4-6-16(23)13-15)14-27-19(29)17-18(24)26-10-9-25-17;18-13-3-1-2-12(10-13)17(4-6-20-7-5-17)11-23-16(24)14-15(19)22-9-8-21-14;2*1-16(2,3)22-15(21)20-9-7-17(12-19,8-10-20)13-5-4-6-14(18)11-13;1-9(2,3)14-8(13)12(6-4-10)7-5-11;9-8-3-1-2-7(6-8)4-5-10;6-4-3(5(9)10)7-1-2-8-4;5-1-3-7-4-2-6;;;/h4-6,9-10,13H,7-8,11-12,14H2,1-3H3,(H2,24,26)(H,27,29);1-3,8-10,20H,4-7,11H2,(H2,19,22)(H,23,24);4-6,11H,7-10,12,19H2,1-3H3;4-6,11H,7-10H2,1-3H3;4-7H2,1-3H3;1-3,6H,4H2;1-2H,(H2,6,8)(H,9,10);7H,1-4H2;3*1H/i;;;;;;;;;1+2;. The van der Waals surface area contributed by atoms with Gasteiger partial charge >= 0.3 is 30.3 Å². The number of nitrogen functional groups attached to an aromatic ring is 3. The van der Waals surface area contributed by atoms with E-state index in [4.69, 9.17) is 98.7 Å². The summed E-state index contributed by atoms with van der Waals surface area (Å²) >= 11 is 21.8. The molecule has 7 heterocycles. The second kappa shape index (κ2) is 58.9. The number of carbonyl (C=O) groups is 7. The van der Waals surface area contributed by atoms with E-state index in [1.165, 1.54) is 90.6 Å². The van der Waals surface area contributed by atoms with Crippen molar-refractivity contribution in [3.05, 3.63) is 232 Å². The molecule has 13 N–H and O–H groups in total. The van der Waals surface area contributed by atoms with Gasteiger partial charge in [0.2, 0.25) is 0 Å². The van der Waals surface area contributed by atoms with Gasteiger partial charge in [0.05, 0.1) is 24.0 Å². The number of nitrogens with zero attached hydrogens (tertiary/aromatic N) is 12. The number of benzene rings is 5. The van der Waals surface area contributed by atoms with E-state index < -0.39 is 45.1 Å². The highest BCUT2D eigenvalue weighted by Gasteiger charge is 2.43. The molecule has 0 saturated carbocycles. The summed E-state index contributed by atoms with van der Waals surface area (Å²) in [6, 6.07) is 36.0. The van der Waals surface area contributed by atoms with Crippen LogP contribution in [0.4, 0.5) is 63.3 Å². The largest absolute Gasteiger partial charge is 0.476 e. The summed E-state index contributed by atoms with van der Waals surface area (Å²) in [6.07, 6.45) is 12.2. The number of nitrogens with two attached hydrogens (primary N) is 4. The average molecular weight is 2060 g/mol. The topological polar surface area (TPSA) is 467 Å². The number of anilines is 3. The maximum Gasteiger partial charge on any atom is 0.410 e. The normalized spacial score (nSPS) is 14.8. The zero-order valence-electron chi connectivity index (χ0n) is 81.7. The van der Waals surface area contributed by atoms with Gasteiger partial charge in [-0.3, -0.25) is 14.3 Å². The van der Waals surface area contributed by atoms with E-state index in [2.05, 4.69) is 57.2 Å². The SMILES string of the molecule is CC(C)(C)OC(=O)N(CCCl)CCCl.CC(C)(C)OC(=O)N1CCC(C#N)(c2cccc(F)c2)CC1.CC(C)(C)OC(=O)N1CCC(CN)(c2cccc(F)c2)CC1.CC(C)(C)OC(=O)N1CCC(CNC(=O)c2nccnc2N)(c2cccc(F)c2)CC1.ClCCNCCCl.F.N#CCc1cccc(F)c1.Nc1nccnc1C(=O)NCC1(c2cccc(F)c2)CCNCC1.Nc1nccnc1C(=O)O.[3HH].[HH]. The molecule has 4 fully saturated rings. The second-order valence-corrected chi connectivity index (χ2v) is 38.4. The lowest BCUT2D eigenvalue weighted by Crippen LogP contribution is -2.51. The molecule has 32 nitrogen and oxygen atoms in total. The number of alkyl halides is 4. The van der Waals surface area contributed by atoms with Crippen LogP contribution >= 0.6 is 46.4 Å². The van der Waals surface area contributed by atoms with Crippen molar-refractivity contribution in [3.63, 3.8) is 0 Å². The number of aromatic nitrogens is 6. The molecule has 4 aliphatic heterocycles. The summed E-state index contributed by atoms with van der Waals surface area (Å²) in [6.45, 7) is 30.2. The number of ether oxygens (including phenoxy) is 4. The number of aromatic carboxylic acids is 1. The molecule has 0 bridgehead atoms. The summed E-state index contributed by atoms with van der Waals surface area (Å²) in [7, 11) is 0. The monoisotopic (exact) mass is 2050 g/mol. The van der Waals surface area contributed by atoms with Crippen LogP contribution in [0.2, 0.25) is 0 Å². The van der Waals surface area contributed by atoms with Gasteiger partial charge in [-0.05, 0) is 236 Å². The van der Waals surface area contributed by atoms with Gasteiger partial charge in [-0.25, -0.2) is 75.8 Å². The molecule has 774 valence electrons. The molecule has 0 atom stereocenters. The molecule has 0 aliphatic carbocycles. The molecule has 0 spiro atoms. The molecule has 4 saturated heterocycles. The molecule has 42 heteroatoms. The average Bonchev–Trinajstić information content (AvgIpc) is 0.791. The number of nitriles is 2. The fourth-order valence-corrected chi connectivity index (χ4v) is 15.4. The van der Waals surface area contributed by atoms with E-state index in [0.29, 0.717) is 133 Å². The van der Waals surface area contributed by atoms with E-state index in [1.807, 2.05) is 107 Å². The molecule has 4 aliphatic rings. The van der Waals surface area contributed by atoms with Crippen molar-refractivity contribution in [3.8, 4) is 12.1 Å². The lowest BCUT2D eigenvalue weighted by atomic mass is 9.72. The quantitative estimate of drug-likeness (QED) is 0.0140. The Kier molecular flexibility index (Phi) is 50.6. The Morgan fingerprint density at radius 1 is 0.468 bits per heavy atom.